The molecule has 2 saturated heterocycles. The molecule has 2 unspecified atom stereocenters. The summed E-state index contributed by atoms with van der Waals surface area (Å²) in [6, 6.07) is 2.99. The van der Waals surface area contributed by atoms with E-state index in [0.717, 1.165) is 24.4 Å². The summed E-state index contributed by atoms with van der Waals surface area (Å²) in [5.41, 5.74) is 1.01. The van der Waals surface area contributed by atoms with Crippen LogP contribution in [0.5, 0.6) is 0 Å². The number of nitrogens with zero attached hydrogens (tertiary/aromatic N) is 3. The number of aromatic nitrogens is 2. The van der Waals surface area contributed by atoms with E-state index in [1.165, 1.54) is 12.8 Å². The largest absolute Gasteiger partial charge is 0.393 e. The minimum absolute atomic E-state index is 0.114. The fourth-order valence-corrected chi connectivity index (χ4v) is 3.10. The summed E-state index contributed by atoms with van der Waals surface area (Å²) in [6.07, 6.45) is 5.67. The molecule has 2 bridgehead atoms. The first-order valence-corrected chi connectivity index (χ1v) is 5.99. The van der Waals surface area contributed by atoms with Gasteiger partial charge in [0.25, 0.3) is 0 Å². The fourth-order valence-electron chi connectivity index (χ4n) is 3.10. The third kappa shape index (κ3) is 1.57. The van der Waals surface area contributed by atoms with Crippen molar-refractivity contribution in [3.05, 3.63) is 18.1 Å². The van der Waals surface area contributed by atoms with Crippen LogP contribution in [0.15, 0.2) is 12.4 Å². The molecule has 0 amide bonds. The topological polar surface area (TPSA) is 49.2 Å². The van der Waals surface area contributed by atoms with Crippen LogP contribution in [0.3, 0.4) is 0 Å². The van der Waals surface area contributed by atoms with Crippen molar-refractivity contribution >= 4 is 5.82 Å². The first-order valence-electron chi connectivity index (χ1n) is 5.99. The first-order chi connectivity index (χ1) is 7.74. The molecule has 0 aliphatic carbocycles. The van der Waals surface area contributed by atoms with Gasteiger partial charge in [-0.15, -0.1) is 0 Å². The van der Waals surface area contributed by atoms with Gasteiger partial charge in [-0.05, 0) is 32.6 Å². The van der Waals surface area contributed by atoms with E-state index >= 15 is 0 Å². The molecule has 0 aromatic carbocycles. The minimum Gasteiger partial charge on any atom is -0.393 e. The lowest BCUT2D eigenvalue weighted by Crippen LogP contribution is -2.45. The number of hydrogen-bond acceptors (Lipinski definition) is 4. The third-order valence-corrected chi connectivity index (χ3v) is 3.76. The van der Waals surface area contributed by atoms with Crippen LogP contribution in [0, 0.1) is 6.92 Å². The van der Waals surface area contributed by atoms with Gasteiger partial charge in [-0.25, -0.2) is 9.97 Å². The van der Waals surface area contributed by atoms with Crippen molar-refractivity contribution in [2.75, 3.05) is 4.90 Å². The van der Waals surface area contributed by atoms with Crippen LogP contribution < -0.4 is 4.90 Å². The van der Waals surface area contributed by atoms with Crippen molar-refractivity contribution < 1.29 is 5.11 Å². The molecule has 0 radical (unpaired) electrons. The second-order valence-corrected chi connectivity index (χ2v) is 4.94. The molecule has 1 aromatic heterocycles. The van der Waals surface area contributed by atoms with Gasteiger partial charge in [0, 0.05) is 23.8 Å². The summed E-state index contributed by atoms with van der Waals surface area (Å²) in [7, 11) is 0. The molecule has 4 nitrogen and oxygen atoms in total. The lowest BCUT2D eigenvalue weighted by Gasteiger charge is -2.38. The molecular weight excluding hydrogens is 202 g/mol. The van der Waals surface area contributed by atoms with Gasteiger partial charge in [0.1, 0.15) is 12.1 Å². The van der Waals surface area contributed by atoms with Crippen molar-refractivity contribution in [1.82, 2.24) is 9.97 Å². The summed E-state index contributed by atoms with van der Waals surface area (Å²) in [5, 5.41) is 9.75. The van der Waals surface area contributed by atoms with Crippen molar-refractivity contribution in [3.8, 4) is 0 Å². The number of aryl methyl sites for hydroxylation is 1. The van der Waals surface area contributed by atoms with Crippen LogP contribution in [0.25, 0.3) is 0 Å². The van der Waals surface area contributed by atoms with Crippen molar-refractivity contribution in [2.24, 2.45) is 0 Å². The number of fused-ring (bicyclic) bond motifs is 2. The minimum atomic E-state index is -0.114. The Morgan fingerprint density at radius 2 is 1.94 bits per heavy atom. The monoisotopic (exact) mass is 219 g/mol. The SMILES string of the molecule is Cc1cc(N2C3CCC2CC(O)C3)ncn1. The molecule has 4 heteroatoms. The maximum Gasteiger partial charge on any atom is 0.132 e. The lowest BCUT2D eigenvalue weighted by atomic mass is 10.00. The maximum atomic E-state index is 9.75. The first kappa shape index (κ1) is 10.0. The Balaban J connectivity index is 1.91. The molecule has 2 fully saturated rings. The standard InChI is InChI=1S/C12H17N3O/c1-8-4-12(14-7-13-8)15-9-2-3-10(15)6-11(16)5-9/h4,7,9-11,16H,2-3,5-6H2,1H3. The van der Waals surface area contributed by atoms with Crippen molar-refractivity contribution in [2.45, 2.75) is 50.8 Å². The highest BCUT2D eigenvalue weighted by molar-refractivity contribution is 5.44. The molecule has 16 heavy (non-hydrogen) atoms. The Kier molecular flexibility index (Phi) is 2.32. The zero-order valence-corrected chi connectivity index (χ0v) is 9.50. The van der Waals surface area contributed by atoms with E-state index in [-0.39, 0.29) is 6.10 Å². The van der Waals surface area contributed by atoms with E-state index in [9.17, 15) is 5.11 Å². The molecule has 2 atom stereocenters. The van der Waals surface area contributed by atoms with Crippen LogP contribution in [0.4, 0.5) is 5.82 Å². The van der Waals surface area contributed by atoms with Gasteiger partial charge in [0.05, 0.1) is 6.10 Å². The van der Waals surface area contributed by atoms with Gasteiger partial charge in [0.2, 0.25) is 0 Å². The van der Waals surface area contributed by atoms with Gasteiger partial charge in [-0.3, -0.25) is 0 Å². The van der Waals surface area contributed by atoms with E-state index in [0.29, 0.717) is 12.1 Å². The van der Waals surface area contributed by atoms with Crippen LogP contribution in [-0.2, 0) is 0 Å². The van der Waals surface area contributed by atoms with E-state index < -0.39 is 0 Å². The van der Waals surface area contributed by atoms with Gasteiger partial charge in [0.15, 0.2) is 0 Å². The molecule has 0 spiro atoms. The molecule has 1 aromatic rings. The molecule has 86 valence electrons. The third-order valence-electron chi connectivity index (χ3n) is 3.76. The average Bonchev–Trinajstić information content (AvgIpc) is 2.51. The number of aliphatic hydroxyl groups is 1. The van der Waals surface area contributed by atoms with Gasteiger partial charge in [-0.2, -0.15) is 0 Å². The smallest absolute Gasteiger partial charge is 0.132 e. The van der Waals surface area contributed by atoms with Crippen LogP contribution in [-0.4, -0.2) is 33.3 Å². The number of aliphatic hydroxyl groups excluding tert-OH is 1. The highest BCUT2D eigenvalue weighted by Crippen LogP contribution is 2.38. The zero-order valence-electron chi connectivity index (χ0n) is 9.50. The number of piperidine rings is 1. The van der Waals surface area contributed by atoms with E-state index in [2.05, 4.69) is 14.9 Å². The predicted octanol–water partition coefficient (Wildman–Crippen LogP) is 1.28. The van der Waals surface area contributed by atoms with E-state index in [1.54, 1.807) is 6.33 Å². The Labute approximate surface area is 95.3 Å². The van der Waals surface area contributed by atoms with E-state index in [4.69, 9.17) is 0 Å². The molecular formula is C12H17N3O. The van der Waals surface area contributed by atoms with Crippen LogP contribution >= 0.6 is 0 Å². The number of anilines is 1. The summed E-state index contributed by atoms with van der Waals surface area (Å²) < 4.78 is 0. The van der Waals surface area contributed by atoms with Gasteiger partial charge >= 0.3 is 0 Å². The normalized spacial score (nSPS) is 33.1. The molecule has 0 saturated carbocycles. The second-order valence-electron chi connectivity index (χ2n) is 4.94. The summed E-state index contributed by atoms with van der Waals surface area (Å²) in [6.45, 7) is 1.99. The summed E-state index contributed by atoms with van der Waals surface area (Å²) >= 11 is 0. The Morgan fingerprint density at radius 1 is 1.25 bits per heavy atom. The highest BCUT2D eigenvalue weighted by atomic mass is 16.3. The van der Waals surface area contributed by atoms with E-state index in [1.807, 2.05) is 13.0 Å². The predicted molar refractivity (Wildman–Crippen MR) is 61.3 cm³/mol. The Hall–Kier alpha value is -1.16. The summed E-state index contributed by atoms with van der Waals surface area (Å²) in [4.78, 5) is 10.9. The lowest BCUT2D eigenvalue weighted by molar-refractivity contribution is 0.126. The quantitative estimate of drug-likeness (QED) is 0.773. The van der Waals surface area contributed by atoms with Crippen molar-refractivity contribution in [3.63, 3.8) is 0 Å². The second kappa shape index (κ2) is 3.70. The summed E-state index contributed by atoms with van der Waals surface area (Å²) in [5.74, 6) is 1.03. The van der Waals surface area contributed by atoms with Gasteiger partial charge < -0.3 is 10.0 Å². The molecule has 2 aliphatic rings. The zero-order chi connectivity index (χ0) is 11.1. The van der Waals surface area contributed by atoms with Crippen molar-refractivity contribution in [1.29, 1.82) is 0 Å². The maximum absolute atomic E-state index is 9.75. The number of hydrogen-bond donors (Lipinski definition) is 1. The Morgan fingerprint density at radius 3 is 2.56 bits per heavy atom. The Bertz CT molecular complexity index is 382. The highest BCUT2D eigenvalue weighted by Gasteiger charge is 2.40. The molecule has 3 rings (SSSR count). The number of rotatable bonds is 1. The molecule has 1 N–H and O–H groups in total. The molecule has 3 heterocycles. The molecule has 2 aliphatic heterocycles. The van der Waals surface area contributed by atoms with Crippen LogP contribution in [0.2, 0.25) is 0 Å². The van der Waals surface area contributed by atoms with Crippen LogP contribution in [0.1, 0.15) is 31.4 Å². The fraction of sp³-hybridized carbons (Fsp3) is 0.667. The average molecular weight is 219 g/mol. The van der Waals surface area contributed by atoms with Gasteiger partial charge in [-0.1, -0.05) is 0 Å².